The molecule has 3 rings (SSSR count). The van der Waals surface area contributed by atoms with Crippen molar-refractivity contribution in [3.63, 3.8) is 0 Å². The number of rotatable bonds is 1. The van der Waals surface area contributed by atoms with Crippen LogP contribution >= 0.6 is 34.2 Å². The maximum Gasteiger partial charge on any atom is 0.205 e. The number of nitrogen functional groups attached to an aromatic ring is 1. The summed E-state index contributed by atoms with van der Waals surface area (Å²) in [6.45, 7) is 0. The average Bonchev–Trinajstić information content (AvgIpc) is 2.73. The van der Waals surface area contributed by atoms with Crippen molar-refractivity contribution < 1.29 is 0 Å². The van der Waals surface area contributed by atoms with Crippen molar-refractivity contribution in [3.8, 4) is 11.8 Å². The first kappa shape index (κ1) is 13.2. The lowest BCUT2D eigenvalue weighted by molar-refractivity contribution is 1.11. The molecular formula is C14H8ClIN4. The quantitative estimate of drug-likeness (QED) is 0.639. The van der Waals surface area contributed by atoms with Gasteiger partial charge in [-0.1, -0.05) is 11.6 Å². The predicted molar refractivity (Wildman–Crippen MR) is 87.9 cm³/mol. The van der Waals surface area contributed by atoms with Gasteiger partial charge in [-0.05, 0) is 59.0 Å². The largest absolute Gasteiger partial charge is 0.369 e. The molecule has 0 saturated carbocycles. The van der Waals surface area contributed by atoms with Gasteiger partial charge in [0.2, 0.25) is 5.95 Å². The van der Waals surface area contributed by atoms with Crippen LogP contribution in [0, 0.1) is 14.9 Å². The van der Waals surface area contributed by atoms with Crippen LogP contribution in [0.15, 0.2) is 36.4 Å². The summed E-state index contributed by atoms with van der Waals surface area (Å²) in [6.07, 6.45) is 0. The Morgan fingerprint density at radius 2 is 2.05 bits per heavy atom. The Labute approximate surface area is 133 Å². The summed E-state index contributed by atoms with van der Waals surface area (Å²) in [6, 6.07) is 13.1. The molecule has 0 unspecified atom stereocenters. The molecule has 0 fully saturated rings. The molecule has 1 heterocycles. The normalized spacial score (nSPS) is 10.7. The van der Waals surface area contributed by atoms with Gasteiger partial charge >= 0.3 is 0 Å². The van der Waals surface area contributed by atoms with Crippen LogP contribution in [-0.4, -0.2) is 9.55 Å². The molecule has 0 spiro atoms. The molecule has 1 aromatic heterocycles. The number of fused-ring (bicyclic) bond motifs is 1. The second kappa shape index (κ2) is 4.96. The number of imidazole rings is 1. The summed E-state index contributed by atoms with van der Waals surface area (Å²) in [4.78, 5) is 4.35. The Hall–Kier alpha value is -1.78. The molecule has 0 aliphatic rings. The van der Waals surface area contributed by atoms with E-state index in [1.807, 2.05) is 18.2 Å². The van der Waals surface area contributed by atoms with Crippen molar-refractivity contribution in [1.82, 2.24) is 9.55 Å². The number of halogens is 2. The number of anilines is 1. The Morgan fingerprint density at radius 3 is 2.75 bits per heavy atom. The number of aromatic nitrogens is 2. The highest BCUT2D eigenvalue weighted by Gasteiger charge is 2.13. The third-order valence-corrected chi connectivity index (χ3v) is 3.93. The lowest BCUT2D eigenvalue weighted by atomic mass is 10.2. The van der Waals surface area contributed by atoms with E-state index < -0.39 is 0 Å². The molecule has 2 N–H and O–H groups in total. The second-order valence-electron chi connectivity index (χ2n) is 4.22. The van der Waals surface area contributed by atoms with Gasteiger partial charge in [-0.3, -0.25) is 4.57 Å². The van der Waals surface area contributed by atoms with Crippen molar-refractivity contribution in [3.05, 3.63) is 50.6 Å². The topological polar surface area (TPSA) is 67.6 Å². The zero-order valence-electron chi connectivity index (χ0n) is 10.1. The highest BCUT2D eigenvalue weighted by Crippen LogP contribution is 2.29. The number of nitrogens with zero attached hydrogens (tertiary/aromatic N) is 3. The third kappa shape index (κ3) is 2.11. The van der Waals surface area contributed by atoms with Crippen molar-refractivity contribution in [2.75, 3.05) is 5.73 Å². The monoisotopic (exact) mass is 394 g/mol. The van der Waals surface area contributed by atoms with E-state index in [-0.39, 0.29) is 0 Å². The average molecular weight is 395 g/mol. The molecule has 3 aromatic rings. The second-order valence-corrected chi connectivity index (χ2v) is 5.87. The molecular weight excluding hydrogens is 387 g/mol. The number of nitriles is 1. The third-order valence-electron chi connectivity index (χ3n) is 2.96. The van der Waals surface area contributed by atoms with E-state index in [4.69, 9.17) is 22.6 Å². The van der Waals surface area contributed by atoms with E-state index in [2.05, 4.69) is 33.6 Å². The predicted octanol–water partition coefficient (Wildman–Crippen LogP) is 3.74. The minimum absolute atomic E-state index is 0.369. The number of nitrogens with two attached hydrogens (primary N) is 1. The Kier molecular flexibility index (Phi) is 3.28. The summed E-state index contributed by atoms with van der Waals surface area (Å²) in [7, 11) is 0. The maximum absolute atomic E-state index is 8.89. The van der Waals surface area contributed by atoms with Gasteiger partial charge in [0.25, 0.3) is 0 Å². The molecule has 98 valence electrons. The van der Waals surface area contributed by atoms with Crippen LogP contribution in [0.5, 0.6) is 0 Å². The smallest absolute Gasteiger partial charge is 0.205 e. The lowest BCUT2D eigenvalue weighted by Crippen LogP contribution is -2.01. The highest BCUT2D eigenvalue weighted by atomic mass is 127. The van der Waals surface area contributed by atoms with Crippen LogP contribution in [0.1, 0.15) is 5.56 Å². The Morgan fingerprint density at radius 1 is 1.25 bits per heavy atom. The number of benzene rings is 2. The molecule has 0 aliphatic heterocycles. The first-order valence-corrected chi connectivity index (χ1v) is 7.19. The van der Waals surface area contributed by atoms with Gasteiger partial charge in [-0.2, -0.15) is 5.26 Å². The molecule has 6 heteroatoms. The summed E-state index contributed by atoms with van der Waals surface area (Å²) in [5.74, 6) is 0.369. The molecule has 4 nitrogen and oxygen atoms in total. The highest BCUT2D eigenvalue weighted by molar-refractivity contribution is 14.1. The van der Waals surface area contributed by atoms with Crippen molar-refractivity contribution >= 4 is 51.2 Å². The molecule has 2 aromatic carbocycles. The van der Waals surface area contributed by atoms with Gasteiger partial charge in [0.15, 0.2) is 0 Å². The summed E-state index contributed by atoms with van der Waals surface area (Å²) in [5.41, 5.74) is 8.92. The number of hydrogen-bond donors (Lipinski definition) is 1. The van der Waals surface area contributed by atoms with Crippen LogP contribution in [0.25, 0.3) is 16.7 Å². The van der Waals surface area contributed by atoms with E-state index in [0.29, 0.717) is 22.2 Å². The zero-order chi connectivity index (χ0) is 14.3. The number of hydrogen-bond acceptors (Lipinski definition) is 3. The van der Waals surface area contributed by atoms with Gasteiger partial charge in [0.1, 0.15) is 0 Å². The van der Waals surface area contributed by atoms with Gasteiger partial charge in [0, 0.05) is 3.57 Å². The van der Waals surface area contributed by atoms with Crippen LogP contribution < -0.4 is 5.73 Å². The SMILES string of the molecule is N#Cc1ccc(-n2c(N)nc3cc(I)ccc32)c(Cl)c1. The summed E-state index contributed by atoms with van der Waals surface area (Å²) < 4.78 is 2.88. The maximum atomic E-state index is 8.89. The molecule has 20 heavy (non-hydrogen) atoms. The molecule has 0 amide bonds. The summed E-state index contributed by atoms with van der Waals surface area (Å²) in [5, 5.41) is 9.35. The van der Waals surface area contributed by atoms with Gasteiger partial charge in [-0.25, -0.2) is 4.98 Å². The van der Waals surface area contributed by atoms with Crippen molar-refractivity contribution in [2.24, 2.45) is 0 Å². The fraction of sp³-hybridized carbons (Fsp3) is 0. The van der Waals surface area contributed by atoms with Crippen LogP contribution in [0.4, 0.5) is 5.95 Å². The van der Waals surface area contributed by atoms with Crippen molar-refractivity contribution in [2.45, 2.75) is 0 Å². The van der Waals surface area contributed by atoms with Gasteiger partial charge < -0.3 is 5.73 Å². The Bertz CT molecular complexity index is 863. The molecule has 0 aliphatic carbocycles. The minimum Gasteiger partial charge on any atom is -0.369 e. The van der Waals surface area contributed by atoms with Gasteiger partial charge in [-0.15, -0.1) is 0 Å². The molecule has 0 atom stereocenters. The first-order valence-electron chi connectivity index (χ1n) is 5.73. The molecule has 0 radical (unpaired) electrons. The van der Waals surface area contributed by atoms with E-state index in [1.165, 1.54) is 0 Å². The van der Waals surface area contributed by atoms with E-state index in [9.17, 15) is 0 Å². The van der Waals surface area contributed by atoms with Crippen molar-refractivity contribution in [1.29, 1.82) is 5.26 Å². The minimum atomic E-state index is 0.369. The Balaban J connectivity index is 2.30. The molecule has 0 saturated heterocycles. The molecule has 0 bridgehead atoms. The van der Waals surface area contributed by atoms with E-state index in [1.54, 1.807) is 22.8 Å². The summed E-state index contributed by atoms with van der Waals surface area (Å²) >= 11 is 8.47. The fourth-order valence-electron chi connectivity index (χ4n) is 2.08. The fourth-order valence-corrected chi connectivity index (χ4v) is 2.82. The van der Waals surface area contributed by atoms with Gasteiger partial charge in [0.05, 0.1) is 33.4 Å². The van der Waals surface area contributed by atoms with Crippen LogP contribution in [0.3, 0.4) is 0 Å². The van der Waals surface area contributed by atoms with E-state index in [0.717, 1.165) is 14.6 Å². The van der Waals surface area contributed by atoms with E-state index >= 15 is 0 Å². The van der Waals surface area contributed by atoms with Crippen LogP contribution in [-0.2, 0) is 0 Å². The zero-order valence-corrected chi connectivity index (χ0v) is 13.1. The van der Waals surface area contributed by atoms with Crippen LogP contribution in [0.2, 0.25) is 5.02 Å². The lowest BCUT2D eigenvalue weighted by Gasteiger charge is -2.09. The first-order chi connectivity index (χ1) is 9.60. The standard InChI is InChI=1S/C14H8ClIN4/c15-10-5-8(7-17)1-3-12(10)20-13-4-2-9(16)6-11(13)19-14(20)18/h1-6H,(H2,18,19).